The van der Waals surface area contributed by atoms with Gasteiger partial charge in [-0.25, -0.2) is 0 Å². The van der Waals surface area contributed by atoms with Crippen molar-refractivity contribution in [2.75, 3.05) is 0 Å². The first kappa shape index (κ1) is 8.71. The van der Waals surface area contributed by atoms with Crippen LogP contribution < -0.4 is 0 Å². The van der Waals surface area contributed by atoms with Crippen molar-refractivity contribution in [3.8, 4) is 11.8 Å². The van der Waals surface area contributed by atoms with Gasteiger partial charge in [-0.15, -0.1) is 0 Å². The number of ketones is 1. The molecule has 0 atom stereocenters. The number of hydrogen-bond acceptors (Lipinski definition) is 1. The van der Waals surface area contributed by atoms with Crippen molar-refractivity contribution in [3.05, 3.63) is 24.3 Å². The van der Waals surface area contributed by atoms with E-state index in [-0.39, 0.29) is 5.78 Å². The molecule has 52 valence electrons. The minimum atomic E-state index is 0.0102. The molecule has 10 heavy (non-hydrogen) atoms. The molecule has 0 aliphatic rings. The molecule has 1 nitrogen and oxygen atoms in total. The molecule has 0 spiro atoms. The number of allylic oxidation sites excluding steroid dienone is 3. The van der Waals surface area contributed by atoms with Crippen LogP contribution in [-0.2, 0) is 4.79 Å². The van der Waals surface area contributed by atoms with Gasteiger partial charge in [0.25, 0.3) is 0 Å². The first-order chi connectivity index (χ1) is 4.63. The van der Waals surface area contributed by atoms with Crippen LogP contribution in [-0.4, -0.2) is 5.78 Å². The van der Waals surface area contributed by atoms with Gasteiger partial charge in [0.15, 0.2) is 5.78 Å². The van der Waals surface area contributed by atoms with E-state index in [1.165, 1.54) is 19.1 Å². The highest BCUT2D eigenvalue weighted by molar-refractivity contribution is 5.87. The van der Waals surface area contributed by atoms with Crippen molar-refractivity contribution in [2.45, 2.75) is 13.8 Å². The van der Waals surface area contributed by atoms with Gasteiger partial charge < -0.3 is 0 Å². The fourth-order valence-corrected chi connectivity index (χ4v) is 0.324. The van der Waals surface area contributed by atoms with Crippen LogP contribution in [0, 0.1) is 11.8 Å². The van der Waals surface area contributed by atoms with Crippen molar-refractivity contribution in [3.63, 3.8) is 0 Å². The Bertz CT molecular complexity index is 223. The lowest BCUT2D eigenvalue weighted by Gasteiger charge is -1.74. The normalized spacial score (nSPS) is 8.60. The first-order valence-corrected chi connectivity index (χ1v) is 2.97. The topological polar surface area (TPSA) is 17.1 Å². The van der Waals surface area contributed by atoms with Crippen LogP contribution in [0.3, 0.4) is 0 Å². The Labute approximate surface area is 61.4 Å². The largest absolute Gasteiger partial charge is 0.295 e. The quantitative estimate of drug-likeness (QED) is 0.394. The molecule has 0 aliphatic heterocycles. The molecule has 0 N–H and O–H groups in total. The van der Waals surface area contributed by atoms with E-state index in [1.807, 2.05) is 6.92 Å². The molecule has 0 aromatic heterocycles. The standard InChI is InChI=1S/C9H10O/c1-8(2)6-4-5-7-9(3)10/h5,7H,1H2,2-3H3. The second-order valence-corrected chi connectivity index (χ2v) is 1.99. The number of carbonyl (C=O) groups is 1. The maximum Gasteiger partial charge on any atom is 0.153 e. The van der Waals surface area contributed by atoms with E-state index in [4.69, 9.17) is 0 Å². The molecule has 0 aliphatic carbocycles. The van der Waals surface area contributed by atoms with E-state index < -0.39 is 0 Å². The highest BCUT2D eigenvalue weighted by atomic mass is 16.1. The van der Waals surface area contributed by atoms with Crippen molar-refractivity contribution in [1.82, 2.24) is 0 Å². The Hall–Kier alpha value is -1.29. The van der Waals surface area contributed by atoms with Gasteiger partial charge in [0.1, 0.15) is 0 Å². The van der Waals surface area contributed by atoms with Crippen LogP contribution in [0.25, 0.3) is 0 Å². The second-order valence-electron chi connectivity index (χ2n) is 1.99. The van der Waals surface area contributed by atoms with Crippen LogP contribution >= 0.6 is 0 Å². The van der Waals surface area contributed by atoms with Gasteiger partial charge in [-0.05, 0) is 31.6 Å². The second kappa shape index (κ2) is 4.58. The summed E-state index contributed by atoms with van der Waals surface area (Å²) < 4.78 is 0. The minimum absolute atomic E-state index is 0.0102. The Kier molecular flexibility index (Phi) is 3.99. The van der Waals surface area contributed by atoms with Gasteiger partial charge in [0.05, 0.1) is 0 Å². The van der Waals surface area contributed by atoms with Crippen molar-refractivity contribution in [1.29, 1.82) is 0 Å². The third-order valence-corrected chi connectivity index (χ3v) is 0.687. The predicted molar refractivity (Wildman–Crippen MR) is 42.4 cm³/mol. The molecule has 1 heteroatoms. The predicted octanol–water partition coefficient (Wildman–Crippen LogP) is 1.71. The van der Waals surface area contributed by atoms with Gasteiger partial charge in [-0.3, -0.25) is 4.79 Å². The van der Waals surface area contributed by atoms with Crippen molar-refractivity contribution >= 4 is 5.78 Å². The summed E-state index contributed by atoms with van der Waals surface area (Å²) in [6.07, 6.45) is 2.95. The van der Waals surface area contributed by atoms with E-state index in [1.54, 1.807) is 0 Å². The minimum Gasteiger partial charge on any atom is -0.295 e. The molecular formula is C9H10O. The Morgan fingerprint density at radius 3 is 2.50 bits per heavy atom. The SMILES string of the molecule is C=C(C)C#CC=CC(C)=O. The number of hydrogen-bond donors (Lipinski definition) is 0. The first-order valence-electron chi connectivity index (χ1n) is 2.97. The summed E-state index contributed by atoms with van der Waals surface area (Å²) in [7, 11) is 0. The highest BCUT2D eigenvalue weighted by Gasteiger charge is 1.76. The van der Waals surface area contributed by atoms with Gasteiger partial charge >= 0.3 is 0 Å². The van der Waals surface area contributed by atoms with Crippen molar-refractivity contribution in [2.24, 2.45) is 0 Å². The van der Waals surface area contributed by atoms with Crippen LogP contribution in [0.4, 0.5) is 0 Å². The summed E-state index contributed by atoms with van der Waals surface area (Å²) in [5.74, 6) is 5.39. The zero-order valence-electron chi connectivity index (χ0n) is 6.27. The highest BCUT2D eigenvalue weighted by Crippen LogP contribution is 1.80. The summed E-state index contributed by atoms with van der Waals surface area (Å²) in [6, 6.07) is 0. The van der Waals surface area contributed by atoms with Gasteiger partial charge in [0, 0.05) is 0 Å². The van der Waals surface area contributed by atoms with Crippen LogP contribution in [0.2, 0.25) is 0 Å². The molecule has 0 heterocycles. The third kappa shape index (κ3) is 6.71. The average Bonchev–Trinajstić information content (AvgIpc) is 1.79. The van der Waals surface area contributed by atoms with Gasteiger partial charge in [-0.1, -0.05) is 18.4 Å². The Balaban J connectivity index is 3.87. The molecule has 0 amide bonds. The van der Waals surface area contributed by atoms with Gasteiger partial charge in [0.2, 0.25) is 0 Å². The summed E-state index contributed by atoms with van der Waals surface area (Å²) in [4.78, 5) is 10.3. The summed E-state index contributed by atoms with van der Waals surface area (Å²) in [5.41, 5.74) is 0.799. The molecule has 0 bridgehead atoms. The smallest absolute Gasteiger partial charge is 0.153 e. The fourth-order valence-electron chi connectivity index (χ4n) is 0.324. The fraction of sp³-hybridized carbons (Fsp3) is 0.222. The Morgan fingerprint density at radius 1 is 1.50 bits per heavy atom. The molecule has 0 saturated heterocycles. The summed E-state index contributed by atoms with van der Waals surface area (Å²) in [6.45, 7) is 6.88. The summed E-state index contributed by atoms with van der Waals surface area (Å²) >= 11 is 0. The molecule has 0 radical (unpaired) electrons. The van der Waals surface area contributed by atoms with Crippen LogP contribution in [0.5, 0.6) is 0 Å². The molecular weight excluding hydrogens is 124 g/mol. The number of carbonyl (C=O) groups excluding carboxylic acids is 1. The molecule has 0 aromatic carbocycles. The molecule has 0 saturated carbocycles. The number of rotatable bonds is 1. The van der Waals surface area contributed by atoms with E-state index in [2.05, 4.69) is 18.4 Å². The average molecular weight is 134 g/mol. The lowest BCUT2D eigenvalue weighted by atomic mass is 10.3. The zero-order chi connectivity index (χ0) is 7.98. The molecule has 0 rings (SSSR count). The zero-order valence-corrected chi connectivity index (χ0v) is 6.27. The summed E-state index contributed by atoms with van der Waals surface area (Å²) in [5, 5.41) is 0. The monoisotopic (exact) mass is 134 g/mol. The van der Waals surface area contributed by atoms with E-state index >= 15 is 0 Å². The lowest BCUT2D eigenvalue weighted by molar-refractivity contribution is -0.112. The van der Waals surface area contributed by atoms with Crippen LogP contribution in [0.15, 0.2) is 24.3 Å². The van der Waals surface area contributed by atoms with E-state index in [0.717, 1.165) is 5.57 Å². The molecule has 0 unspecified atom stereocenters. The molecule has 0 aromatic rings. The van der Waals surface area contributed by atoms with E-state index in [0.29, 0.717) is 0 Å². The third-order valence-electron chi connectivity index (χ3n) is 0.687. The maximum absolute atomic E-state index is 10.3. The molecule has 0 fully saturated rings. The Morgan fingerprint density at radius 2 is 2.10 bits per heavy atom. The van der Waals surface area contributed by atoms with E-state index in [9.17, 15) is 4.79 Å². The van der Waals surface area contributed by atoms with Crippen LogP contribution in [0.1, 0.15) is 13.8 Å². The maximum atomic E-state index is 10.3. The van der Waals surface area contributed by atoms with Crippen molar-refractivity contribution < 1.29 is 4.79 Å². The lowest BCUT2D eigenvalue weighted by Crippen LogP contribution is -1.77. The van der Waals surface area contributed by atoms with Gasteiger partial charge in [-0.2, -0.15) is 0 Å².